The molecule has 1 aliphatic heterocycles. The van der Waals surface area contributed by atoms with Crippen molar-refractivity contribution >= 4 is 5.91 Å². The highest BCUT2D eigenvalue weighted by Gasteiger charge is 2.29. The van der Waals surface area contributed by atoms with Crippen LogP contribution in [0.5, 0.6) is 11.5 Å². The first kappa shape index (κ1) is 25.1. The van der Waals surface area contributed by atoms with Gasteiger partial charge in [-0.3, -0.25) is 4.79 Å². The van der Waals surface area contributed by atoms with E-state index in [4.69, 9.17) is 14.2 Å². The van der Waals surface area contributed by atoms with Gasteiger partial charge in [-0.25, -0.2) is 0 Å². The largest absolute Gasteiger partial charge is 0.490 e. The molecule has 180 valence electrons. The number of nitrogens with zero attached hydrogens (tertiary/aromatic N) is 1. The number of ether oxygens (including phenoxy) is 3. The molecular formula is C27H38N2O4. The molecule has 33 heavy (non-hydrogen) atoms. The van der Waals surface area contributed by atoms with Crippen molar-refractivity contribution in [1.29, 1.82) is 0 Å². The minimum atomic E-state index is -0.144. The second-order valence-corrected chi connectivity index (χ2v) is 8.83. The quantitative estimate of drug-likeness (QED) is 0.492. The lowest BCUT2D eigenvalue weighted by atomic mass is 10.0. The highest BCUT2D eigenvalue weighted by molar-refractivity contribution is 5.95. The van der Waals surface area contributed by atoms with Crippen molar-refractivity contribution in [2.45, 2.75) is 58.2 Å². The van der Waals surface area contributed by atoms with Crippen LogP contribution in [0.25, 0.3) is 0 Å². The van der Waals surface area contributed by atoms with Crippen molar-refractivity contribution in [3.8, 4) is 11.5 Å². The molecule has 2 aromatic carbocycles. The van der Waals surface area contributed by atoms with Crippen LogP contribution in [-0.4, -0.2) is 56.3 Å². The summed E-state index contributed by atoms with van der Waals surface area (Å²) in [5.41, 5.74) is 1.70. The van der Waals surface area contributed by atoms with Crippen LogP contribution in [0, 0.1) is 0 Å². The SMILES string of the molecule is COCCCOc1cc(C(=O)N(C(C)C)[C@@H]2CCCNC2)ccc1O[C@H](C)c1ccccc1. The van der Waals surface area contributed by atoms with Gasteiger partial charge in [0.05, 0.1) is 6.61 Å². The molecule has 1 N–H and O–H groups in total. The zero-order chi connectivity index (χ0) is 23.6. The van der Waals surface area contributed by atoms with Gasteiger partial charge in [0, 0.05) is 44.3 Å². The zero-order valence-corrected chi connectivity index (χ0v) is 20.4. The van der Waals surface area contributed by atoms with Crippen LogP contribution in [0.2, 0.25) is 0 Å². The molecule has 3 rings (SSSR count). The molecule has 1 amide bonds. The summed E-state index contributed by atoms with van der Waals surface area (Å²) in [5.74, 6) is 1.25. The van der Waals surface area contributed by atoms with E-state index in [9.17, 15) is 4.79 Å². The molecule has 0 radical (unpaired) electrons. The first-order valence-electron chi connectivity index (χ1n) is 12.0. The van der Waals surface area contributed by atoms with Gasteiger partial charge in [0.1, 0.15) is 6.10 Å². The molecule has 2 aromatic rings. The van der Waals surface area contributed by atoms with E-state index in [1.165, 1.54) is 0 Å². The maximum Gasteiger partial charge on any atom is 0.254 e. The number of hydrogen-bond donors (Lipinski definition) is 1. The fourth-order valence-electron chi connectivity index (χ4n) is 4.26. The highest BCUT2D eigenvalue weighted by Crippen LogP contribution is 2.33. The third-order valence-electron chi connectivity index (χ3n) is 5.97. The lowest BCUT2D eigenvalue weighted by molar-refractivity contribution is 0.0573. The summed E-state index contributed by atoms with van der Waals surface area (Å²) < 4.78 is 17.5. The Balaban J connectivity index is 1.83. The Bertz CT molecular complexity index is 866. The minimum Gasteiger partial charge on any atom is -0.490 e. The van der Waals surface area contributed by atoms with Crippen LogP contribution in [-0.2, 0) is 4.74 Å². The molecule has 0 unspecified atom stereocenters. The highest BCUT2D eigenvalue weighted by atomic mass is 16.5. The van der Waals surface area contributed by atoms with Crippen molar-refractivity contribution in [2.24, 2.45) is 0 Å². The molecule has 0 aliphatic carbocycles. The van der Waals surface area contributed by atoms with Gasteiger partial charge < -0.3 is 24.4 Å². The molecule has 6 nitrogen and oxygen atoms in total. The Hall–Kier alpha value is -2.57. The van der Waals surface area contributed by atoms with Crippen molar-refractivity contribution in [3.63, 3.8) is 0 Å². The number of carbonyl (C=O) groups excluding carboxylic acids is 1. The summed E-state index contributed by atoms with van der Waals surface area (Å²) in [6.45, 7) is 9.12. The van der Waals surface area contributed by atoms with Crippen molar-refractivity contribution in [1.82, 2.24) is 10.2 Å². The van der Waals surface area contributed by atoms with Gasteiger partial charge in [0.15, 0.2) is 11.5 Å². The Labute approximate surface area is 198 Å². The Morgan fingerprint density at radius 3 is 2.55 bits per heavy atom. The number of carbonyl (C=O) groups is 1. The van der Waals surface area contributed by atoms with Gasteiger partial charge in [-0.15, -0.1) is 0 Å². The van der Waals surface area contributed by atoms with Crippen LogP contribution < -0.4 is 14.8 Å². The monoisotopic (exact) mass is 454 g/mol. The summed E-state index contributed by atoms with van der Waals surface area (Å²) in [5, 5.41) is 3.42. The van der Waals surface area contributed by atoms with Gasteiger partial charge in [-0.05, 0) is 63.9 Å². The number of hydrogen-bond acceptors (Lipinski definition) is 5. The van der Waals surface area contributed by atoms with E-state index in [-0.39, 0.29) is 24.1 Å². The third kappa shape index (κ3) is 6.95. The second kappa shape index (κ2) is 12.6. The Morgan fingerprint density at radius 2 is 1.88 bits per heavy atom. The number of methoxy groups -OCH3 is 1. The van der Waals surface area contributed by atoms with Gasteiger partial charge in [-0.1, -0.05) is 30.3 Å². The molecule has 0 aromatic heterocycles. The summed E-state index contributed by atoms with van der Waals surface area (Å²) in [6.07, 6.45) is 2.72. The second-order valence-electron chi connectivity index (χ2n) is 8.83. The molecule has 1 saturated heterocycles. The number of rotatable bonds is 11. The predicted molar refractivity (Wildman–Crippen MR) is 131 cm³/mol. The number of piperidine rings is 1. The fourth-order valence-corrected chi connectivity index (χ4v) is 4.26. The first-order valence-corrected chi connectivity index (χ1v) is 12.0. The van der Waals surface area contributed by atoms with E-state index in [1.807, 2.05) is 60.4 Å². The average Bonchev–Trinajstić information content (AvgIpc) is 2.83. The maximum absolute atomic E-state index is 13.6. The van der Waals surface area contributed by atoms with E-state index < -0.39 is 0 Å². The molecule has 0 spiro atoms. The van der Waals surface area contributed by atoms with Crippen molar-refractivity contribution in [2.75, 3.05) is 33.4 Å². The number of amides is 1. The molecule has 0 saturated carbocycles. The Morgan fingerprint density at radius 1 is 1.09 bits per heavy atom. The molecule has 1 heterocycles. The minimum absolute atomic E-state index is 0.0306. The lowest BCUT2D eigenvalue weighted by Gasteiger charge is -2.37. The summed E-state index contributed by atoms with van der Waals surface area (Å²) in [4.78, 5) is 15.6. The Kier molecular flexibility index (Phi) is 9.58. The van der Waals surface area contributed by atoms with Gasteiger partial charge in [0.2, 0.25) is 0 Å². The van der Waals surface area contributed by atoms with Crippen LogP contribution in [0.15, 0.2) is 48.5 Å². The average molecular weight is 455 g/mol. The van der Waals surface area contributed by atoms with Crippen molar-refractivity contribution < 1.29 is 19.0 Å². The number of benzene rings is 2. The smallest absolute Gasteiger partial charge is 0.254 e. The normalized spacial score (nSPS) is 16.9. The molecular weight excluding hydrogens is 416 g/mol. The predicted octanol–water partition coefficient (Wildman–Crippen LogP) is 4.84. The van der Waals surface area contributed by atoms with Gasteiger partial charge >= 0.3 is 0 Å². The van der Waals surface area contributed by atoms with Crippen LogP contribution in [0.1, 0.15) is 62.1 Å². The summed E-state index contributed by atoms with van der Waals surface area (Å²) in [7, 11) is 1.68. The van der Waals surface area contributed by atoms with E-state index in [0.29, 0.717) is 30.3 Å². The first-order chi connectivity index (χ1) is 16.0. The molecule has 0 bridgehead atoms. The topological polar surface area (TPSA) is 60.0 Å². The standard InChI is InChI=1S/C27H38N2O4/c1-20(2)29(24-12-8-15-28-19-24)27(30)23-13-14-25(26(18-23)32-17-9-16-31-4)33-21(3)22-10-6-5-7-11-22/h5-7,10-11,13-14,18,20-21,24,28H,8-9,12,15-17,19H2,1-4H3/t21-,24-/m1/s1. The summed E-state index contributed by atoms with van der Waals surface area (Å²) in [6, 6.07) is 15.9. The molecule has 2 atom stereocenters. The van der Waals surface area contributed by atoms with Crippen LogP contribution >= 0.6 is 0 Å². The molecule has 1 aliphatic rings. The van der Waals surface area contributed by atoms with E-state index in [0.717, 1.165) is 37.9 Å². The van der Waals surface area contributed by atoms with Gasteiger partial charge in [0.25, 0.3) is 5.91 Å². The molecule has 1 fully saturated rings. The van der Waals surface area contributed by atoms with Crippen LogP contribution in [0.3, 0.4) is 0 Å². The van der Waals surface area contributed by atoms with E-state index in [1.54, 1.807) is 7.11 Å². The number of nitrogens with one attached hydrogen (secondary N) is 1. The third-order valence-corrected chi connectivity index (χ3v) is 5.97. The fraction of sp³-hybridized carbons (Fsp3) is 0.519. The lowest BCUT2D eigenvalue weighted by Crippen LogP contribution is -2.51. The molecule has 6 heteroatoms. The van der Waals surface area contributed by atoms with Crippen molar-refractivity contribution in [3.05, 3.63) is 59.7 Å². The van der Waals surface area contributed by atoms with E-state index >= 15 is 0 Å². The summed E-state index contributed by atoms with van der Waals surface area (Å²) >= 11 is 0. The van der Waals surface area contributed by atoms with Crippen LogP contribution in [0.4, 0.5) is 0 Å². The van der Waals surface area contributed by atoms with E-state index in [2.05, 4.69) is 19.2 Å². The maximum atomic E-state index is 13.6. The zero-order valence-electron chi connectivity index (χ0n) is 20.4. The van der Waals surface area contributed by atoms with Gasteiger partial charge in [-0.2, -0.15) is 0 Å².